The van der Waals surface area contributed by atoms with Crippen molar-refractivity contribution >= 4 is 11.0 Å². The third-order valence-electron chi connectivity index (χ3n) is 6.60. The fourth-order valence-corrected chi connectivity index (χ4v) is 5.02. The molecule has 1 aromatic heterocycles. The van der Waals surface area contributed by atoms with Gasteiger partial charge < -0.3 is 14.6 Å². The van der Waals surface area contributed by atoms with Gasteiger partial charge in [-0.05, 0) is 69.6 Å². The zero-order valence-corrected chi connectivity index (χ0v) is 16.7. The highest BCUT2D eigenvalue weighted by Gasteiger charge is 2.30. The van der Waals surface area contributed by atoms with Gasteiger partial charge in [-0.3, -0.25) is 4.57 Å². The van der Waals surface area contributed by atoms with E-state index in [1.807, 2.05) is 16.7 Å². The van der Waals surface area contributed by atoms with E-state index in [1.54, 1.807) is 6.07 Å². The van der Waals surface area contributed by atoms with Crippen molar-refractivity contribution in [3.8, 4) is 6.07 Å². The van der Waals surface area contributed by atoms with Crippen LogP contribution in [0.15, 0.2) is 23.0 Å². The maximum atomic E-state index is 12.5. The molecule has 28 heavy (non-hydrogen) atoms. The average molecular weight is 383 g/mol. The number of aromatic amines is 1. The molecule has 6 nitrogen and oxygen atoms in total. The number of H-pyrrole nitrogens is 1. The molecule has 4 rings (SSSR count). The summed E-state index contributed by atoms with van der Waals surface area (Å²) in [5.41, 5.74) is 2.22. The Balaban J connectivity index is 1.39. The molecule has 0 atom stereocenters. The smallest absolute Gasteiger partial charge is 0.326 e. The van der Waals surface area contributed by atoms with Crippen LogP contribution in [-0.2, 0) is 4.74 Å². The van der Waals surface area contributed by atoms with Crippen molar-refractivity contribution in [2.45, 2.75) is 57.5 Å². The van der Waals surface area contributed by atoms with Gasteiger partial charge in [0.25, 0.3) is 0 Å². The molecule has 1 saturated carbocycles. The van der Waals surface area contributed by atoms with E-state index < -0.39 is 0 Å². The number of aromatic nitrogens is 2. The molecule has 0 amide bonds. The van der Waals surface area contributed by atoms with Crippen LogP contribution in [0.3, 0.4) is 0 Å². The number of fused-ring (bicyclic) bond motifs is 1. The molecule has 1 aromatic carbocycles. The average Bonchev–Trinajstić information content (AvgIpc) is 3.07. The fourth-order valence-electron chi connectivity index (χ4n) is 5.02. The van der Waals surface area contributed by atoms with E-state index >= 15 is 0 Å². The Morgan fingerprint density at radius 3 is 2.57 bits per heavy atom. The summed E-state index contributed by atoms with van der Waals surface area (Å²) < 4.78 is 7.48. The van der Waals surface area contributed by atoms with Crippen LogP contribution in [0.2, 0.25) is 0 Å². The van der Waals surface area contributed by atoms with Crippen LogP contribution < -0.4 is 5.69 Å². The van der Waals surface area contributed by atoms with Crippen molar-refractivity contribution in [2.24, 2.45) is 5.92 Å². The highest BCUT2D eigenvalue weighted by Crippen LogP contribution is 2.32. The van der Waals surface area contributed by atoms with E-state index in [2.05, 4.69) is 22.9 Å². The van der Waals surface area contributed by atoms with Gasteiger partial charge in [0.15, 0.2) is 0 Å². The lowest BCUT2D eigenvalue weighted by Gasteiger charge is -2.41. The Bertz CT molecular complexity index is 893. The number of piperidine rings is 1. The first-order chi connectivity index (χ1) is 13.7. The van der Waals surface area contributed by atoms with Gasteiger partial charge in [0.05, 0.1) is 22.7 Å². The molecule has 0 bridgehead atoms. The second-order valence-corrected chi connectivity index (χ2v) is 8.25. The highest BCUT2D eigenvalue weighted by molar-refractivity contribution is 5.77. The van der Waals surface area contributed by atoms with E-state index in [4.69, 9.17) is 4.74 Å². The van der Waals surface area contributed by atoms with E-state index in [0.29, 0.717) is 11.6 Å². The first kappa shape index (κ1) is 19.2. The number of benzene rings is 1. The first-order valence-corrected chi connectivity index (χ1v) is 10.7. The maximum Gasteiger partial charge on any atom is 0.326 e. The summed E-state index contributed by atoms with van der Waals surface area (Å²) in [6.07, 6.45) is 7.04. The van der Waals surface area contributed by atoms with E-state index in [9.17, 15) is 10.1 Å². The number of likely N-dealkylation sites (tertiary alicyclic amines) is 1. The number of nitrogens with one attached hydrogen (secondary N) is 1. The van der Waals surface area contributed by atoms with Crippen LogP contribution in [0, 0.1) is 17.2 Å². The SMILES string of the molecule is CCOCC1CCC(N2CCC(n3c(=O)[nH]c4ccc(C#N)cc43)CC2)CC1. The summed E-state index contributed by atoms with van der Waals surface area (Å²) in [5, 5.41) is 9.19. The number of ether oxygens (including phenoxy) is 1. The molecule has 2 heterocycles. The third-order valence-corrected chi connectivity index (χ3v) is 6.60. The largest absolute Gasteiger partial charge is 0.381 e. The van der Waals surface area contributed by atoms with Gasteiger partial charge in [-0.25, -0.2) is 4.79 Å². The second-order valence-electron chi connectivity index (χ2n) is 8.25. The van der Waals surface area contributed by atoms with Gasteiger partial charge >= 0.3 is 5.69 Å². The van der Waals surface area contributed by atoms with Crippen molar-refractivity contribution in [3.05, 3.63) is 34.2 Å². The van der Waals surface area contributed by atoms with E-state index in [0.717, 1.165) is 56.1 Å². The summed E-state index contributed by atoms with van der Waals surface area (Å²) in [7, 11) is 0. The van der Waals surface area contributed by atoms with Gasteiger partial charge in [0.1, 0.15) is 0 Å². The van der Waals surface area contributed by atoms with Crippen molar-refractivity contribution in [1.82, 2.24) is 14.5 Å². The second kappa shape index (κ2) is 8.50. The van der Waals surface area contributed by atoms with Crippen LogP contribution >= 0.6 is 0 Å². The van der Waals surface area contributed by atoms with E-state index in [-0.39, 0.29) is 11.7 Å². The molecule has 6 heteroatoms. The predicted molar refractivity (Wildman–Crippen MR) is 109 cm³/mol. The molecular weight excluding hydrogens is 352 g/mol. The Kier molecular flexibility index (Phi) is 5.84. The summed E-state index contributed by atoms with van der Waals surface area (Å²) >= 11 is 0. The Morgan fingerprint density at radius 1 is 1.14 bits per heavy atom. The van der Waals surface area contributed by atoms with Gasteiger partial charge in [-0.1, -0.05) is 0 Å². The normalized spacial score (nSPS) is 24.4. The predicted octanol–water partition coefficient (Wildman–Crippen LogP) is 3.43. The molecule has 1 saturated heterocycles. The molecule has 2 aliphatic rings. The quantitative estimate of drug-likeness (QED) is 0.860. The van der Waals surface area contributed by atoms with Crippen molar-refractivity contribution in [3.63, 3.8) is 0 Å². The van der Waals surface area contributed by atoms with Crippen molar-refractivity contribution in [1.29, 1.82) is 5.26 Å². The minimum Gasteiger partial charge on any atom is -0.381 e. The molecule has 2 aromatic rings. The summed E-state index contributed by atoms with van der Waals surface area (Å²) in [6.45, 7) is 5.89. The molecule has 0 radical (unpaired) electrons. The summed E-state index contributed by atoms with van der Waals surface area (Å²) in [4.78, 5) is 18.1. The van der Waals surface area contributed by atoms with Crippen LogP contribution in [0.5, 0.6) is 0 Å². The van der Waals surface area contributed by atoms with Crippen LogP contribution in [0.4, 0.5) is 0 Å². The summed E-state index contributed by atoms with van der Waals surface area (Å²) in [5.74, 6) is 0.730. The lowest BCUT2D eigenvalue weighted by molar-refractivity contribution is 0.0582. The monoisotopic (exact) mass is 382 g/mol. The molecule has 2 fully saturated rings. The van der Waals surface area contributed by atoms with Crippen LogP contribution in [-0.4, -0.2) is 46.8 Å². The first-order valence-electron chi connectivity index (χ1n) is 10.7. The van der Waals surface area contributed by atoms with Gasteiger partial charge in [-0.15, -0.1) is 0 Å². The topological polar surface area (TPSA) is 74.0 Å². The van der Waals surface area contributed by atoms with Gasteiger partial charge in [-0.2, -0.15) is 5.26 Å². The summed E-state index contributed by atoms with van der Waals surface area (Å²) in [6, 6.07) is 8.50. The Morgan fingerprint density at radius 2 is 1.89 bits per heavy atom. The van der Waals surface area contributed by atoms with E-state index in [1.165, 1.54) is 25.7 Å². The zero-order chi connectivity index (χ0) is 19.5. The van der Waals surface area contributed by atoms with Crippen LogP contribution in [0.25, 0.3) is 11.0 Å². The van der Waals surface area contributed by atoms with Crippen molar-refractivity contribution in [2.75, 3.05) is 26.3 Å². The molecular formula is C22H30N4O2. The highest BCUT2D eigenvalue weighted by atomic mass is 16.5. The fraction of sp³-hybridized carbons (Fsp3) is 0.636. The zero-order valence-electron chi connectivity index (χ0n) is 16.7. The molecule has 150 valence electrons. The van der Waals surface area contributed by atoms with Crippen LogP contribution in [0.1, 0.15) is 57.1 Å². The number of rotatable bonds is 5. The molecule has 1 aliphatic carbocycles. The maximum absolute atomic E-state index is 12.5. The standard InChI is InChI=1S/C22H30N4O2/c1-2-28-15-16-3-6-18(7-4-16)25-11-9-19(10-12-25)26-21-13-17(14-23)5-8-20(21)24-22(26)27/h5,8,13,16,18-19H,2-4,6-7,9-12,15H2,1H3,(H,24,27). The lowest BCUT2D eigenvalue weighted by atomic mass is 9.85. The number of nitrogens with zero attached hydrogens (tertiary/aromatic N) is 3. The number of hydrogen-bond acceptors (Lipinski definition) is 4. The molecule has 1 N–H and O–H groups in total. The van der Waals surface area contributed by atoms with Gasteiger partial charge in [0.2, 0.25) is 0 Å². The number of imidazole rings is 1. The minimum atomic E-state index is -0.0556. The Hall–Kier alpha value is -2.10. The third kappa shape index (κ3) is 3.87. The van der Waals surface area contributed by atoms with Gasteiger partial charge in [0, 0.05) is 38.4 Å². The molecule has 1 aliphatic heterocycles. The minimum absolute atomic E-state index is 0.0556. The number of nitriles is 1. The Labute approximate surface area is 166 Å². The van der Waals surface area contributed by atoms with Crippen molar-refractivity contribution < 1.29 is 4.74 Å². The molecule has 0 unspecified atom stereocenters. The number of hydrogen-bond donors (Lipinski definition) is 1. The molecule has 0 spiro atoms. The lowest BCUT2D eigenvalue weighted by Crippen LogP contribution is -2.44.